The average Bonchev–Trinajstić information content (AvgIpc) is 2.86. The number of methoxy groups -OCH3 is 1. The van der Waals surface area contributed by atoms with Crippen LogP contribution in [0, 0.1) is 6.92 Å². The Kier molecular flexibility index (Phi) is 4.96. The molecule has 0 aliphatic rings. The summed E-state index contributed by atoms with van der Waals surface area (Å²) in [6.07, 6.45) is 0. The molecule has 0 amide bonds. The first-order valence-electron chi connectivity index (χ1n) is 7.08. The lowest BCUT2D eigenvalue weighted by Crippen LogP contribution is -2.14. The van der Waals surface area contributed by atoms with Gasteiger partial charge >= 0.3 is 0 Å². The number of ether oxygens (including phenoxy) is 1. The van der Waals surface area contributed by atoms with E-state index in [4.69, 9.17) is 9.72 Å². The van der Waals surface area contributed by atoms with Crippen LogP contribution in [0.3, 0.4) is 0 Å². The molecular formula is C16H23N3OS. The van der Waals surface area contributed by atoms with Gasteiger partial charge in [0.1, 0.15) is 0 Å². The fourth-order valence-corrected chi connectivity index (χ4v) is 2.73. The Morgan fingerprint density at radius 1 is 1.24 bits per heavy atom. The number of rotatable bonds is 5. The van der Waals surface area contributed by atoms with Crippen molar-refractivity contribution in [2.75, 3.05) is 25.6 Å². The van der Waals surface area contributed by atoms with E-state index < -0.39 is 0 Å². The van der Waals surface area contributed by atoms with Gasteiger partial charge in [0, 0.05) is 41.4 Å². The number of hydrogen-bond acceptors (Lipinski definition) is 5. The fourth-order valence-electron chi connectivity index (χ4n) is 1.99. The van der Waals surface area contributed by atoms with E-state index in [1.165, 1.54) is 0 Å². The highest BCUT2D eigenvalue weighted by molar-refractivity contribution is 7.14. The molecule has 0 saturated carbocycles. The molecule has 2 heterocycles. The highest BCUT2D eigenvalue weighted by atomic mass is 32.1. The summed E-state index contributed by atoms with van der Waals surface area (Å²) in [6, 6.07) is 4.22. The number of nitrogens with one attached hydrogen (secondary N) is 1. The third-order valence-electron chi connectivity index (χ3n) is 3.22. The van der Waals surface area contributed by atoms with Gasteiger partial charge in [-0.1, -0.05) is 20.8 Å². The Balaban J connectivity index is 2.19. The fraction of sp³-hybridized carbons (Fsp3) is 0.500. The average molecular weight is 305 g/mol. The summed E-state index contributed by atoms with van der Waals surface area (Å²) in [5.41, 5.74) is 4.27. The van der Waals surface area contributed by atoms with Crippen molar-refractivity contribution in [3.63, 3.8) is 0 Å². The van der Waals surface area contributed by atoms with Crippen LogP contribution >= 0.6 is 11.3 Å². The summed E-state index contributed by atoms with van der Waals surface area (Å²) in [6.45, 7) is 10.0. The van der Waals surface area contributed by atoms with Gasteiger partial charge in [-0.3, -0.25) is 4.98 Å². The van der Waals surface area contributed by atoms with Crippen molar-refractivity contribution < 1.29 is 4.74 Å². The first-order chi connectivity index (χ1) is 9.91. The lowest BCUT2D eigenvalue weighted by Gasteiger charge is -2.18. The molecule has 5 heteroatoms. The first kappa shape index (κ1) is 15.9. The molecule has 114 valence electrons. The van der Waals surface area contributed by atoms with Gasteiger partial charge in [-0.15, -0.1) is 11.3 Å². The van der Waals surface area contributed by atoms with E-state index in [0.717, 1.165) is 34.3 Å². The number of aryl methyl sites for hydroxylation is 1. The Labute approximate surface area is 130 Å². The van der Waals surface area contributed by atoms with Crippen LogP contribution in [0.1, 0.15) is 32.2 Å². The topological polar surface area (TPSA) is 47.0 Å². The van der Waals surface area contributed by atoms with E-state index in [9.17, 15) is 0 Å². The summed E-state index contributed by atoms with van der Waals surface area (Å²) in [5, 5.41) is 6.24. The molecule has 0 saturated heterocycles. The molecule has 0 bridgehead atoms. The first-order valence-corrected chi connectivity index (χ1v) is 7.96. The second kappa shape index (κ2) is 6.54. The van der Waals surface area contributed by atoms with Crippen LogP contribution in [0.4, 0.5) is 5.13 Å². The van der Waals surface area contributed by atoms with Crippen molar-refractivity contribution in [2.45, 2.75) is 33.1 Å². The van der Waals surface area contributed by atoms with E-state index >= 15 is 0 Å². The van der Waals surface area contributed by atoms with E-state index in [1.54, 1.807) is 18.4 Å². The van der Waals surface area contributed by atoms with Gasteiger partial charge in [0.15, 0.2) is 5.13 Å². The maximum atomic E-state index is 5.02. The molecule has 2 rings (SSSR count). The quantitative estimate of drug-likeness (QED) is 0.852. The SMILES string of the molecule is COCCNc1nc(-c2ccc(C(C)(C)C)nc2C)cs1. The van der Waals surface area contributed by atoms with Crippen molar-refractivity contribution in [3.05, 3.63) is 28.9 Å². The minimum Gasteiger partial charge on any atom is -0.383 e. The van der Waals surface area contributed by atoms with E-state index in [1.807, 2.05) is 6.92 Å². The third kappa shape index (κ3) is 4.02. The maximum absolute atomic E-state index is 5.02. The molecule has 2 aromatic rings. The molecular weight excluding hydrogens is 282 g/mol. The van der Waals surface area contributed by atoms with Gasteiger partial charge in [-0.2, -0.15) is 0 Å². The largest absolute Gasteiger partial charge is 0.383 e. The molecule has 0 radical (unpaired) electrons. The van der Waals surface area contributed by atoms with Gasteiger partial charge in [0.05, 0.1) is 12.3 Å². The smallest absolute Gasteiger partial charge is 0.183 e. The van der Waals surface area contributed by atoms with Gasteiger partial charge in [-0.05, 0) is 19.1 Å². The number of anilines is 1. The lowest BCUT2D eigenvalue weighted by molar-refractivity contribution is 0.211. The van der Waals surface area contributed by atoms with Crippen molar-refractivity contribution in [1.82, 2.24) is 9.97 Å². The number of aromatic nitrogens is 2. The number of thiazole rings is 1. The van der Waals surface area contributed by atoms with Crippen LogP contribution in [-0.4, -0.2) is 30.2 Å². The predicted octanol–water partition coefficient (Wildman–Crippen LogP) is 3.87. The number of hydrogen-bond donors (Lipinski definition) is 1. The summed E-state index contributed by atoms with van der Waals surface area (Å²) in [4.78, 5) is 9.35. The Morgan fingerprint density at radius 2 is 2.00 bits per heavy atom. The van der Waals surface area contributed by atoms with Crippen LogP contribution in [0.5, 0.6) is 0 Å². The van der Waals surface area contributed by atoms with E-state index in [2.05, 4.69) is 48.6 Å². The zero-order valence-electron chi connectivity index (χ0n) is 13.4. The van der Waals surface area contributed by atoms with Crippen molar-refractivity contribution in [2.24, 2.45) is 0 Å². The molecule has 1 N–H and O–H groups in total. The monoisotopic (exact) mass is 305 g/mol. The Hall–Kier alpha value is -1.46. The second-order valence-corrected chi connectivity index (χ2v) is 6.90. The summed E-state index contributed by atoms with van der Waals surface area (Å²) in [5.74, 6) is 0. The molecule has 0 aliphatic carbocycles. The van der Waals surface area contributed by atoms with Crippen molar-refractivity contribution in [1.29, 1.82) is 0 Å². The molecule has 21 heavy (non-hydrogen) atoms. The molecule has 0 atom stereocenters. The molecule has 0 unspecified atom stereocenters. The zero-order chi connectivity index (χ0) is 15.5. The highest BCUT2D eigenvalue weighted by Gasteiger charge is 2.17. The molecule has 2 aromatic heterocycles. The van der Waals surface area contributed by atoms with Gasteiger partial charge < -0.3 is 10.1 Å². The minimum atomic E-state index is 0.0677. The predicted molar refractivity (Wildman–Crippen MR) is 89.1 cm³/mol. The molecule has 0 spiro atoms. The van der Waals surface area contributed by atoms with Crippen LogP contribution in [0.2, 0.25) is 0 Å². The van der Waals surface area contributed by atoms with Gasteiger partial charge in [-0.25, -0.2) is 4.98 Å². The third-order valence-corrected chi connectivity index (χ3v) is 4.02. The van der Waals surface area contributed by atoms with E-state index in [0.29, 0.717) is 6.61 Å². The van der Waals surface area contributed by atoms with Crippen LogP contribution in [0.15, 0.2) is 17.5 Å². The van der Waals surface area contributed by atoms with E-state index in [-0.39, 0.29) is 5.41 Å². The van der Waals surface area contributed by atoms with Crippen LogP contribution in [0.25, 0.3) is 11.3 Å². The summed E-state index contributed by atoms with van der Waals surface area (Å²) < 4.78 is 5.02. The van der Waals surface area contributed by atoms with Crippen molar-refractivity contribution >= 4 is 16.5 Å². The number of pyridine rings is 1. The van der Waals surface area contributed by atoms with Crippen LogP contribution in [-0.2, 0) is 10.2 Å². The zero-order valence-corrected chi connectivity index (χ0v) is 14.2. The summed E-state index contributed by atoms with van der Waals surface area (Å²) >= 11 is 1.61. The minimum absolute atomic E-state index is 0.0677. The second-order valence-electron chi connectivity index (χ2n) is 6.04. The highest BCUT2D eigenvalue weighted by Crippen LogP contribution is 2.29. The van der Waals surface area contributed by atoms with Gasteiger partial charge in [0.25, 0.3) is 0 Å². The van der Waals surface area contributed by atoms with Crippen LogP contribution < -0.4 is 5.32 Å². The Bertz CT molecular complexity index is 602. The molecule has 0 fully saturated rings. The standard InChI is InChI=1S/C16H23N3OS/c1-11-12(6-7-14(18-11)16(2,3)4)13-10-21-15(19-13)17-8-9-20-5/h6-7,10H,8-9H2,1-5H3,(H,17,19). The van der Waals surface area contributed by atoms with Crippen molar-refractivity contribution in [3.8, 4) is 11.3 Å². The summed E-state index contributed by atoms with van der Waals surface area (Å²) in [7, 11) is 1.70. The lowest BCUT2D eigenvalue weighted by atomic mass is 9.91. The number of nitrogens with zero attached hydrogens (tertiary/aromatic N) is 2. The normalized spacial score (nSPS) is 11.7. The maximum Gasteiger partial charge on any atom is 0.183 e. The molecule has 4 nitrogen and oxygen atoms in total. The van der Waals surface area contributed by atoms with Gasteiger partial charge in [0.2, 0.25) is 0 Å². The molecule has 0 aliphatic heterocycles. The Morgan fingerprint density at radius 3 is 2.62 bits per heavy atom. The molecule has 0 aromatic carbocycles.